The highest BCUT2D eigenvalue weighted by Crippen LogP contribution is 2.22. The molecule has 1 N–H and O–H groups in total. The van der Waals surface area contributed by atoms with Crippen LogP contribution in [0.25, 0.3) is 0 Å². The molecule has 126 valence electrons. The van der Waals surface area contributed by atoms with Gasteiger partial charge >= 0.3 is 0 Å². The monoisotopic (exact) mass is 326 g/mol. The fourth-order valence-electron chi connectivity index (χ4n) is 3.03. The van der Waals surface area contributed by atoms with Gasteiger partial charge < -0.3 is 14.7 Å². The SMILES string of the molecule is Cc1ccccc1OCC(=O)N1C[C@@H](Cc2ccncc2)[C@@H](O)C1. The molecule has 2 heterocycles. The number of aliphatic hydroxyl groups excluding tert-OH is 1. The predicted octanol–water partition coefficient (Wildman–Crippen LogP) is 1.83. The van der Waals surface area contributed by atoms with Crippen LogP contribution >= 0.6 is 0 Å². The number of hydrogen-bond acceptors (Lipinski definition) is 4. The Morgan fingerprint density at radius 1 is 1.25 bits per heavy atom. The summed E-state index contributed by atoms with van der Waals surface area (Å²) in [4.78, 5) is 18.0. The molecule has 0 spiro atoms. The molecule has 5 heteroatoms. The molecule has 0 aliphatic carbocycles. The third-order valence-corrected chi connectivity index (χ3v) is 4.45. The van der Waals surface area contributed by atoms with Crippen molar-refractivity contribution >= 4 is 5.91 Å². The van der Waals surface area contributed by atoms with Crippen LogP contribution in [0.5, 0.6) is 5.75 Å². The molecule has 1 aliphatic rings. The highest BCUT2D eigenvalue weighted by Gasteiger charge is 2.34. The molecule has 1 aliphatic heterocycles. The Balaban J connectivity index is 1.54. The first-order valence-electron chi connectivity index (χ1n) is 8.16. The van der Waals surface area contributed by atoms with E-state index in [0.29, 0.717) is 13.1 Å². The van der Waals surface area contributed by atoms with Crippen LogP contribution in [0.2, 0.25) is 0 Å². The molecule has 2 aromatic rings. The lowest BCUT2D eigenvalue weighted by molar-refractivity contribution is -0.132. The van der Waals surface area contributed by atoms with Crippen LogP contribution in [-0.2, 0) is 11.2 Å². The molecule has 1 aromatic heterocycles. The minimum absolute atomic E-state index is 0.000446. The second-order valence-corrected chi connectivity index (χ2v) is 6.24. The molecule has 24 heavy (non-hydrogen) atoms. The topological polar surface area (TPSA) is 62.7 Å². The summed E-state index contributed by atoms with van der Waals surface area (Å²) in [6, 6.07) is 11.5. The number of β-amino-alcohol motifs (C(OH)–C–C–N with tert-alkyl or cyclic N) is 1. The van der Waals surface area contributed by atoms with Crippen molar-refractivity contribution in [2.45, 2.75) is 19.4 Å². The summed E-state index contributed by atoms with van der Waals surface area (Å²) in [5.41, 5.74) is 2.13. The Kier molecular flexibility index (Phi) is 5.11. The number of carbonyl (C=O) groups is 1. The molecule has 3 rings (SSSR count). The fourth-order valence-corrected chi connectivity index (χ4v) is 3.03. The minimum Gasteiger partial charge on any atom is -0.484 e. The summed E-state index contributed by atoms with van der Waals surface area (Å²) in [6.45, 7) is 2.87. The highest BCUT2D eigenvalue weighted by atomic mass is 16.5. The van der Waals surface area contributed by atoms with E-state index in [2.05, 4.69) is 4.98 Å². The molecule has 1 saturated heterocycles. The first-order chi connectivity index (χ1) is 11.6. The third kappa shape index (κ3) is 3.92. The zero-order valence-electron chi connectivity index (χ0n) is 13.8. The van der Waals surface area contributed by atoms with Crippen LogP contribution < -0.4 is 4.74 Å². The largest absolute Gasteiger partial charge is 0.484 e. The number of likely N-dealkylation sites (tertiary alicyclic amines) is 1. The molecule has 0 radical (unpaired) electrons. The van der Waals surface area contributed by atoms with Crippen molar-refractivity contribution in [2.75, 3.05) is 19.7 Å². The number of aryl methyl sites for hydroxylation is 1. The number of ether oxygens (including phenoxy) is 1. The van der Waals surface area contributed by atoms with Crippen molar-refractivity contribution in [3.8, 4) is 5.75 Å². The smallest absolute Gasteiger partial charge is 0.260 e. The molecule has 5 nitrogen and oxygen atoms in total. The summed E-state index contributed by atoms with van der Waals surface area (Å²) in [5.74, 6) is 0.684. The Morgan fingerprint density at radius 3 is 2.75 bits per heavy atom. The Hall–Kier alpha value is -2.40. The van der Waals surface area contributed by atoms with Crippen LogP contribution in [0, 0.1) is 12.8 Å². The van der Waals surface area contributed by atoms with Gasteiger partial charge in [0.25, 0.3) is 5.91 Å². The summed E-state index contributed by atoms with van der Waals surface area (Å²) >= 11 is 0. The number of rotatable bonds is 5. The average molecular weight is 326 g/mol. The lowest BCUT2D eigenvalue weighted by atomic mass is 9.97. The standard InChI is InChI=1S/C19H22N2O3/c1-14-4-2-3-5-18(14)24-13-19(23)21-11-16(17(22)12-21)10-15-6-8-20-9-7-15/h2-9,16-17,22H,10-13H2,1H3/t16-,17+/m1/s1. The number of hydrogen-bond donors (Lipinski definition) is 1. The second-order valence-electron chi connectivity index (χ2n) is 6.24. The normalized spacial score (nSPS) is 20.2. The maximum atomic E-state index is 12.4. The molecular weight excluding hydrogens is 304 g/mol. The van der Waals surface area contributed by atoms with Gasteiger partial charge in [-0.2, -0.15) is 0 Å². The van der Waals surface area contributed by atoms with Crippen molar-refractivity contribution in [3.63, 3.8) is 0 Å². The molecule has 0 unspecified atom stereocenters. The predicted molar refractivity (Wildman–Crippen MR) is 90.7 cm³/mol. The lowest BCUT2D eigenvalue weighted by Crippen LogP contribution is -2.33. The second kappa shape index (κ2) is 7.45. The van der Waals surface area contributed by atoms with Gasteiger partial charge in [-0.3, -0.25) is 9.78 Å². The van der Waals surface area contributed by atoms with E-state index in [1.165, 1.54) is 0 Å². The zero-order valence-corrected chi connectivity index (χ0v) is 13.8. The van der Waals surface area contributed by atoms with E-state index in [0.717, 1.165) is 23.3 Å². The van der Waals surface area contributed by atoms with E-state index in [9.17, 15) is 9.90 Å². The number of carbonyl (C=O) groups excluding carboxylic acids is 1. The molecule has 1 amide bonds. The average Bonchev–Trinajstić information content (AvgIpc) is 2.96. The highest BCUT2D eigenvalue weighted by molar-refractivity contribution is 5.78. The van der Waals surface area contributed by atoms with E-state index < -0.39 is 6.10 Å². The molecule has 2 atom stereocenters. The van der Waals surface area contributed by atoms with Crippen molar-refractivity contribution in [3.05, 3.63) is 59.9 Å². The summed E-state index contributed by atoms with van der Waals surface area (Å²) < 4.78 is 5.62. The van der Waals surface area contributed by atoms with E-state index in [1.807, 2.05) is 43.3 Å². The number of aliphatic hydroxyl groups is 1. The van der Waals surface area contributed by atoms with Crippen molar-refractivity contribution < 1.29 is 14.6 Å². The number of amides is 1. The van der Waals surface area contributed by atoms with Crippen molar-refractivity contribution in [2.24, 2.45) is 5.92 Å². The Morgan fingerprint density at radius 2 is 2.00 bits per heavy atom. The van der Waals surface area contributed by atoms with E-state index >= 15 is 0 Å². The molecule has 0 bridgehead atoms. The van der Waals surface area contributed by atoms with Crippen LogP contribution in [0.4, 0.5) is 0 Å². The third-order valence-electron chi connectivity index (χ3n) is 4.45. The maximum absolute atomic E-state index is 12.4. The van der Waals surface area contributed by atoms with Crippen molar-refractivity contribution in [1.82, 2.24) is 9.88 Å². The number of para-hydroxylation sites is 1. The van der Waals surface area contributed by atoms with E-state index in [1.54, 1.807) is 17.3 Å². The first kappa shape index (κ1) is 16.5. The molecule has 1 aromatic carbocycles. The number of pyridine rings is 1. The van der Waals surface area contributed by atoms with Gasteiger partial charge in [0.1, 0.15) is 5.75 Å². The first-order valence-corrected chi connectivity index (χ1v) is 8.16. The Labute approximate surface area is 141 Å². The van der Waals surface area contributed by atoms with Crippen LogP contribution in [-0.4, -0.2) is 46.7 Å². The summed E-state index contributed by atoms with van der Waals surface area (Å²) in [5, 5.41) is 10.2. The van der Waals surface area contributed by atoms with Gasteiger partial charge in [-0.15, -0.1) is 0 Å². The maximum Gasteiger partial charge on any atom is 0.260 e. The van der Waals surface area contributed by atoms with Gasteiger partial charge in [0.05, 0.1) is 6.10 Å². The minimum atomic E-state index is -0.499. The van der Waals surface area contributed by atoms with Crippen LogP contribution in [0.1, 0.15) is 11.1 Å². The lowest BCUT2D eigenvalue weighted by Gasteiger charge is -2.17. The van der Waals surface area contributed by atoms with Gasteiger partial charge in [-0.05, 0) is 42.7 Å². The summed E-state index contributed by atoms with van der Waals surface area (Å²) in [7, 11) is 0. The number of aromatic nitrogens is 1. The van der Waals surface area contributed by atoms with Gasteiger partial charge in [0, 0.05) is 31.4 Å². The van der Waals surface area contributed by atoms with Gasteiger partial charge in [0.2, 0.25) is 0 Å². The molecule has 0 saturated carbocycles. The zero-order chi connectivity index (χ0) is 16.9. The van der Waals surface area contributed by atoms with Crippen molar-refractivity contribution in [1.29, 1.82) is 0 Å². The van der Waals surface area contributed by atoms with Crippen LogP contribution in [0.3, 0.4) is 0 Å². The van der Waals surface area contributed by atoms with Crippen LogP contribution in [0.15, 0.2) is 48.8 Å². The number of benzene rings is 1. The number of nitrogens with zero attached hydrogens (tertiary/aromatic N) is 2. The van der Waals surface area contributed by atoms with Gasteiger partial charge in [-0.1, -0.05) is 18.2 Å². The Bertz CT molecular complexity index is 690. The quantitative estimate of drug-likeness (QED) is 0.910. The van der Waals surface area contributed by atoms with E-state index in [4.69, 9.17) is 4.74 Å². The molecule has 1 fully saturated rings. The molecular formula is C19H22N2O3. The summed E-state index contributed by atoms with van der Waals surface area (Å²) in [6.07, 6.45) is 3.73. The fraction of sp³-hybridized carbons (Fsp3) is 0.368. The van der Waals surface area contributed by atoms with E-state index in [-0.39, 0.29) is 18.4 Å². The van der Waals surface area contributed by atoms with Gasteiger partial charge in [-0.25, -0.2) is 0 Å². The van der Waals surface area contributed by atoms with Gasteiger partial charge in [0.15, 0.2) is 6.61 Å².